The highest BCUT2D eigenvalue weighted by Crippen LogP contribution is 2.36. The molecule has 1 atom stereocenters. The molecule has 1 amide bonds. The highest BCUT2D eigenvalue weighted by molar-refractivity contribution is 7.13. The molecule has 1 aliphatic rings. The Kier molecular flexibility index (Phi) is 3.47. The van der Waals surface area contributed by atoms with E-state index < -0.39 is 12.0 Å². The summed E-state index contributed by atoms with van der Waals surface area (Å²) in [4.78, 5) is 26.0. The summed E-state index contributed by atoms with van der Waals surface area (Å²) in [6, 6.07) is 6.37. The van der Waals surface area contributed by atoms with Crippen LogP contribution in [0, 0.1) is 6.92 Å². The molecule has 0 fully saturated rings. The van der Waals surface area contributed by atoms with Crippen LogP contribution in [0.5, 0.6) is 0 Å². The molecule has 108 valence electrons. The molecule has 1 aliphatic heterocycles. The number of fused-ring (bicyclic) bond motifs is 1. The zero-order valence-electron chi connectivity index (χ0n) is 11.2. The number of rotatable bonds is 2. The van der Waals surface area contributed by atoms with Gasteiger partial charge in [0.15, 0.2) is 0 Å². The van der Waals surface area contributed by atoms with Gasteiger partial charge in [-0.05, 0) is 29.5 Å². The Balaban J connectivity index is 2.08. The minimum absolute atomic E-state index is 0.319. The summed E-state index contributed by atoms with van der Waals surface area (Å²) in [5, 5.41) is 11.6. The van der Waals surface area contributed by atoms with Gasteiger partial charge in [-0.2, -0.15) is 0 Å². The molecule has 0 saturated heterocycles. The van der Waals surface area contributed by atoms with Crippen LogP contribution in [0.25, 0.3) is 0 Å². The number of aliphatic carboxylic acids is 1. The summed E-state index contributed by atoms with van der Waals surface area (Å²) in [5.41, 5.74) is 2.34. The number of benzene rings is 1. The molecule has 2 aromatic rings. The van der Waals surface area contributed by atoms with Gasteiger partial charge in [0.2, 0.25) is 0 Å². The molecular weight excluding hydrogens is 310 g/mol. The number of amides is 1. The third-order valence-electron chi connectivity index (χ3n) is 3.57. The van der Waals surface area contributed by atoms with Crippen molar-refractivity contribution in [2.45, 2.75) is 19.4 Å². The van der Waals surface area contributed by atoms with Crippen molar-refractivity contribution in [3.05, 3.63) is 50.7 Å². The van der Waals surface area contributed by atoms with E-state index in [0.717, 1.165) is 11.1 Å². The molecular formula is C15H12ClNO3S. The van der Waals surface area contributed by atoms with Crippen LogP contribution in [-0.4, -0.2) is 23.0 Å². The third kappa shape index (κ3) is 2.22. The number of thiophene rings is 1. The average molecular weight is 322 g/mol. The van der Waals surface area contributed by atoms with Gasteiger partial charge in [0, 0.05) is 12.1 Å². The van der Waals surface area contributed by atoms with Gasteiger partial charge in [-0.15, -0.1) is 11.3 Å². The lowest BCUT2D eigenvalue weighted by Gasteiger charge is -2.22. The molecule has 0 radical (unpaired) electrons. The fourth-order valence-electron chi connectivity index (χ4n) is 2.52. The van der Waals surface area contributed by atoms with Gasteiger partial charge < -0.3 is 5.11 Å². The summed E-state index contributed by atoms with van der Waals surface area (Å²) in [5.74, 6) is -1.36. The number of carbonyl (C=O) groups excluding carboxylic acids is 1. The van der Waals surface area contributed by atoms with Gasteiger partial charge in [0.25, 0.3) is 5.91 Å². The van der Waals surface area contributed by atoms with Crippen LogP contribution in [0.15, 0.2) is 29.6 Å². The number of carbonyl (C=O) groups is 2. The molecule has 2 heterocycles. The number of anilines is 1. The first-order valence-electron chi connectivity index (χ1n) is 6.38. The van der Waals surface area contributed by atoms with Gasteiger partial charge in [0.1, 0.15) is 10.9 Å². The van der Waals surface area contributed by atoms with Crippen molar-refractivity contribution < 1.29 is 14.7 Å². The summed E-state index contributed by atoms with van der Waals surface area (Å²) in [6.07, 6.45) is 0.319. The quantitative estimate of drug-likeness (QED) is 0.922. The standard InChI is InChI=1S/C15H12ClNO3S/c1-8-7-21-13(12(8)16)14(18)17-10-5-3-2-4-9(10)6-11(17)15(19)20/h2-5,7,11H,6H2,1H3,(H,19,20)/t11-/m0/s1. The number of carboxylic acids is 1. The van der Waals surface area contributed by atoms with E-state index in [1.165, 1.54) is 16.2 Å². The van der Waals surface area contributed by atoms with E-state index in [9.17, 15) is 14.7 Å². The first-order chi connectivity index (χ1) is 10.0. The van der Waals surface area contributed by atoms with Crippen molar-refractivity contribution in [2.24, 2.45) is 0 Å². The normalized spacial score (nSPS) is 16.9. The molecule has 0 saturated carbocycles. The van der Waals surface area contributed by atoms with Crippen molar-refractivity contribution in [1.82, 2.24) is 0 Å². The molecule has 1 N–H and O–H groups in total. The maximum atomic E-state index is 12.7. The summed E-state index contributed by atoms with van der Waals surface area (Å²) < 4.78 is 0. The molecule has 0 unspecified atom stereocenters. The first-order valence-corrected chi connectivity index (χ1v) is 7.64. The van der Waals surface area contributed by atoms with Gasteiger partial charge >= 0.3 is 5.97 Å². The van der Waals surface area contributed by atoms with Gasteiger partial charge in [0.05, 0.1) is 5.02 Å². The second kappa shape index (κ2) is 5.16. The Morgan fingerprint density at radius 1 is 1.38 bits per heavy atom. The van der Waals surface area contributed by atoms with Gasteiger partial charge in [-0.3, -0.25) is 9.69 Å². The lowest BCUT2D eigenvalue weighted by atomic mass is 10.1. The minimum Gasteiger partial charge on any atom is -0.480 e. The number of para-hydroxylation sites is 1. The Labute approximate surface area is 130 Å². The highest BCUT2D eigenvalue weighted by atomic mass is 35.5. The molecule has 0 spiro atoms. The second-order valence-corrected chi connectivity index (χ2v) is 6.18. The lowest BCUT2D eigenvalue weighted by Crippen LogP contribution is -2.42. The van der Waals surface area contributed by atoms with Crippen molar-refractivity contribution in [1.29, 1.82) is 0 Å². The average Bonchev–Trinajstić information content (AvgIpc) is 3.00. The molecule has 0 bridgehead atoms. The van der Waals surface area contributed by atoms with E-state index in [4.69, 9.17) is 11.6 Å². The number of hydrogen-bond donors (Lipinski definition) is 1. The van der Waals surface area contributed by atoms with Crippen molar-refractivity contribution in [2.75, 3.05) is 4.90 Å². The molecule has 0 aliphatic carbocycles. The molecule has 21 heavy (non-hydrogen) atoms. The van der Waals surface area contributed by atoms with Crippen LogP contribution in [0.2, 0.25) is 5.02 Å². The molecule has 1 aromatic carbocycles. The van der Waals surface area contributed by atoms with E-state index in [-0.39, 0.29) is 5.91 Å². The first kappa shape index (κ1) is 14.1. The Hall–Kier alpha value is -1.85. The van der Waals surface area contributed by atoms with Crippen LogP contribution in [0.3, 0.4) is 0 Å². The van der Waals surface area contributed by atoms with Gasteiger partial charge in [-0.1, -0.05) is 29.8 Å². The van der Waals surface area contributed by atoms with Crippen molar-refractivity contribution in [3.63, 3.8) is 0 Å². The predicted octanol–water partition coefficient (Wildman–Crippen LogP) is 3.37. The van der Waals surface area contributed by atoms with E-state index in [2.05, 4.69) is 0 Å². The molecule has 1 aromatic heterocycles. The summed E-state index contributed by atoms with van der Waals surface area (Å²) >= 11 is 7.40. The summed E-state index contributed by atoms with van der Waals surface area (Å²) in [7, 11) is 0. The van der Waals surface area contributed by atoms with E-state index in [0.29, 0.717) is 22.0 Å². The SMILES string of the molecule is Cc1csc(C(=O)N2c3ccccc3C[C@H]2C(=O)O)c1Cl. The fourth-order valence-corrected chi connectivity index (χ4v) is 3.73. The Morgan fingerprint density at radius 2 is 2.10 bits per heavy atom. The highest BCUT2D eigenvalue weighted by Gasteiger charge is 2.39. The van der Waals surface area contributed by atoms with E-state index in [1.54, 1.807) is 17.5 Å². The molecule has 6 heteroatoms. The van der Waals surface area contributed by atoms with Crippen LogP contribution in [0.1, 0.15) is 20.8 Å². The van der Waals surface area contributed by atoms with Crippen molar-refractivity contribution >= 4 is 40.5 Å². The second-order valence-electron chi connectivity index (χ2n) is 4.92. The van der Waals surface area contributed by atoms with E-state index in [1.807, 2.05) is 19.1 Å². The van der Waals surface area contributed by atoms with Gasteiger partial charge in [-0.25, -0.2) is 4.79 Å². The number of carboxylic acid groups (broad SMARTS) is 1. The Morgan fingerprint density at radius 3 is 2.71 bits per heavy atom. The predicted molar refractivity (Wildman–Crippen MR) is 82.4 cm³/mol. The minimum atomic E-state index is -1.01. The maximum Gasteiger partial charge on any atom is 0.327 e. The fraction of sp³-hybridized carbons (Fsp3) is 0.200. The van der Waals surface area contributed by atoms with Crippen molar-refractivity contribution in [3.8, 4) is 0 Å². The zero-order valence-corrected chi connectivity index (χ0v) is 12.7. The van der Waals surface area contributed by atoms with Crippen LogP contribution in [-0.2, 0) is 11.2 Å². The number of aryl methyl sites for hydroxylation is 1. The van der Waals surface area contributed by atoms with E-state index >= 15 is 0 Å². The van der Waals surface area contributed by atoms with Crippen LogP contribution < -0.4 is 4.90 Å². The third-order valence-corrected chi connectivity index (χ3v) is 5.26. The van der Waals surface area contributed by atoms with Crippen LogP contribution in [0.4, 0.5) is 5.69 Å². The monoisotopic (exact) mass is 321 g/mol. The molecule has 4 nitrogen and oxygen atoms in total. The number of hydrogen-bond acceptors (Lipinski definition) is 3. The number of halogens is 1. The smallest absolute Gasteiger partial charge is 0.327 e. The Bertz CT molecular complexity index is 740. The topological polar surface area (TPSA) is 57.6 Å². The summed E-state index contributed by atoms with van der Waals surface area (Å²) in [6.45, 7) is 1.82. The molecule has 3 rings (SSSR count). The largest absolute Gasteiger partial charge is 0.480 e. The maximum absolute atomic E-state index is 12.7. The number of nitrogens with zero attached hydrogens (tertiary/aromatic N) is 1. The van der Waals surface area contributed by atoms with Crippen LogP contribution >= 0.6 is 22.9 Å². The lowest BCUT2D eigenvalue weighted by molar-refractivity contribution is -0.138. The zero-order chi connectivity index (χ0) is 15.1.